The topological polar surface area (TPSA) is 84.2 Å². The minimum absolute atomic E-state index is 0.183. The third-order valence-corrected chi connectivity index (χ3v) is 5.09. The molecule has 1 aliphatic carbocycles. The van der Waals surface area contributed by atoms with Gasteiger partial charge in [0.2, 0.25) is 12.0 Å². The number of fused-ring (bicyclic) bond motifs is 1. The lowest BCUT2D eigenvalue weighted by molar-refractivity contribution is -0.0368. The molecule has 0 saturated heterocycles. The summed E-state index contributed by atoms with van der Waals surface area (Å²) in [6.07, 6.45) is -2.42. The summed E-state index contributed by atoms with van der Waals surface area (Å²) >= 11 is 0. The van der Waals surface area contributed by atoms with Crippen molar-refractivity contribution in [3.8, 4) is 17.6 Å². The smallest absolute Gasteiger partial charge is 0.344 e. The SMILES string of the molecule is CS(=O)(=O)c1ccc(Oc2ccc(F)c(C#N)c2)c2c1C(=O)C(F)(F)[C@@H]2F. The highest BCUT2D eigenvalue weighted by Gasteiger charge is 2.59. The van der Waals surface area contributed by atoms with E-state index in [0.717, 1.165) is 30.3 Å². The fraction of sp³-hybridized carbons (Fsp3) is 0.176. The number of alkyl halides is 3. The molecule has 0 saturated carbocycles. The van der Waals surface area contributed by atoms with Gasteiger partial charge in [-0.25, -0.2) is 17.2 Å². The van der Waals surface area contributed by atoms with Crippen LogP contribution in [0.25, 0.3) is 0 Å². The molecule has 0 spiro atoms. The first-order valence-electron chi connectivity index (χ1n) is 7.29. The summed E-state index contributed by atoms with van der Waals surface area (Å²) in [4.78, 5) is 11.2. The predicted octanol–water partition coefficient (Wildman–Crippen LogP) is 3.74. The van der Waals surface area contributed by atoms with E-state index in [2.05, 4.69) is 0 Å². The molecular weight excluding hydrogens is 390 g/mol. The Bertz CT molecular complexity index is 1120. The molecule has 0 radical (unpaired) electrons. The second-order valence-electron chi connectivity index (χ2n) is 5.79. The van der Waals surface area contributed by atoms with E-state index in [-0.39, 0.29) is 5.75 Å². The molecule has 2 aromatic rings. The van der Waals surface area contributed by atoms with Crippen molar-refractivity contribution in [1.82, 2.24) is 0 Å². The number of benzene rings is 2. The van der Waals surface area contributed by atoms with Crippen LogP contribution >= 0.6 is 0 Å². The molecule has 3 rings (SSSR count). The van der Waals surface area contributed by atoms with Crippen LogP contribution in [0.4, 0.5) is 17.6 Å². The first-order valence-corrected chi connectivity index (χ1v) is 9.18. The molecule has 10 heteroatoms. The molecule has 140 valence electrons. The van der Waals surface area contributed by atoms with E-state index < -0.39 is 60.9 Å². The number of hydrogen-bond donors (Lipinski definition) is 0. The fourth-order valence-corrected chi connectivity index (χ4v) is 3.60. The van der Waals surface area contributed by atoms with Crippen molar-refractivity contribution < 1.29 is 35.5 Å². The van der Waals surface area contributed by atoms with Crippen molar-refractivity contribution in [2.75, 3.05) is 6.26 Å². The number of nitrogens with zero attached hydrogens (tertiary/aromatic N) is 1. The first kappa shape index (κ1) is 18.8. The van der Waals surface area contributed by atoms with E-state index in [1.54, 1.807) is 6.07 Å². The van der Waals surface area contributed by atoms with Crippen LogP contribution in [-0.4, -0.2) is 26.4 Å². The fourth-order valence-electron chi connectivity index (χ4n) is 2.71. The van der Waals surface area contributed by atoms with Gasteiger partial charge in [0, 0.05) is 17.9 Å². The average molecular weight is 399 g/mol. The molecule has 2 aromatic carbocycles. The molecular formula is C17H9F4NO4S. The van der Waals surface area contributed by atoms with Crippen LogP contribution in [0.3, 0.4) is 0 Å². The summed E-state index contributed by atoms with van der Waals surface area (Å²) in [6.45, 7) is 0. The number of halogens is 4. The Morgan fingerprint density at radius 3 is 2.48 bits per heavy atom. The Morgan fingerprint density at radius 1 is 1.22 bits per heavy atom. The quantitative estimate of drug-likeness (QED) is 0.735. The molecule has 5 nitrogen and oxygen atoms in total. The second kappa shape index (κ2) is 6.06. The molecule has 1 aliphatic rings. The maximum Gasteiger partial charge on any atom is 0.344 e. The third kappa shape index (κ3) is 2.94. The number of rotatable bonds is 3. The maximum atomic E-state index is 14.3. The zero-order chi connectivity index (χ0) is 20.1. The van der Waals surface area contributed by atoms with Crippen LogP contribution in [0, 0.1) is 17.1 Å². The maximum absolute atomic E-state index is 14.3. The van der Waals surface area contributed by atoms with E-state index in [1.807, 2.05) is 0 Å². The van der Waals surface area contributed by atoms with E-state index in [4.69, 9.17) is 10.00 Å². The van der Waals surface area contributed by atoms with Gasteiger partial charge in [0.05, 0.1) is 16.0 Å². The van der Waals surface area contributed by atoms with Gasteiger partial charge in [-0.05, 0) is 24.3 Å². The van der Waals surface area contributed by atoms with Gasteiger partial charge >= 0.3 is 5.92 Å². The van der Waals surface area contributed by atoms with E-state index in [1.165, 1.54) is 0 Å². The number of sulfone groups is 1. The number of nitriles is 1. The summed E-state index contributed by atoms with van der Waals surface area (Å²) in [7, 11) is -4.11. The molecule has 0 aliphatic heterocycles. The van der Waals surface area contributed by atoms with Gasteiger partial charge in [0.15, 0.2) is 9.84 Å². The van der Waals surface area contributed by atoms with Crippen LogP contribution in [0.1, 0.15) is 27.7 Å². The molecule has 0 aromatic heterocycles. The summed E-state index contributed by atoms with van der Waals surface area (Å²) in [5, 5.41) is 8.82. The zero-order valence-corrected chi connectivity index (χ0v) is 14.3. The second-order valence-corrected chi connectivity index (χ2v) is 7.78. The van der Waals surface area contributed by atoms with E-state index in [9.17, 15) is 30.8 Å². The van der Waals surface area contributed by atoms with Gasteiger partial charge in [0.1, 0.15) is 23.4 Å². The highest BCUT2D eigenvalue weighted by atomic mass is 32.2. The molecule has 0 N–H and O–H groups in total. The number of Topliss-reactive ketones (excluding diaryl/α,β-unsaturated/α-hetero) is 1. The lowest BCUT2D eigenvalue weighted by atomic mass is 10.1. The lowest BCUT2D eigenvalue weighted by Gasteiger charge is -2.14. The number of carbonyl (C=O) groups is 1. The zero-order valence-electron chi connectivity index (χ0n) is 13.5. The Kier molecular flexibility index (Phi) is 4.23. The highest BCUT2D eigenvalue weighted by molar-refractivity contribution is 7.90. The van der Waals surface area contributed by atoms with Crippen LogP contribution in [0.5, 0.6) is 11.5 Å². The minimum Gasteiger partial charge on any atom is -0.457 e. The summed E-state index contributed by atoms with van der Waals surface area (Å²) in [5.74, 6) is -8.00. The van der Waals surface area contributed by atoms with Crippen molar-refractivity contribution in [3.05, 3.63) is 52.8 Å². The minimum atomic E-state index is -4.46. The molecule has 0 unspecified atom stereocenters. The summed E-state index contributed by atoms with van der Waals surface area (Å²) < 4.78 is 84.4. The third-order valence-electron chi connectivity index (χ3n) is 3.95. The van der Waals surface area contributed by atoms with Crippen molar-refractivity contribution in [2.45, 2.75) is 17.0 Å². The Hall–Kier alpha value is -2.93. The Labute approximate surface area is 150 Å². The monoisotopic (exact) mass is 399 g/mol. The molecule has 0 bridgehead atoms. The normalized spacial score (nSPS) is 18.1. The summed E-state index contributed by atoms with van der Waals surface area (Å²) in [5.41, 5.74) is -2.29. The Balaban J connectivity index is 2.21. The van der Waals surface area contributed by atoms with Gasteiger partial charge in [-0.3, -0.25) is 4.79 Å². The Morgan fingerprint density at radius 2 is 1.89 bits per heavy atom. The molecule has 0 fully saturated rings. The predicted molar refractivity (Wildman–Crippen MR) is 83.9 cm³/mol. The summed E-state index contributed by atoms with van der Waals surface area (Å²) in [6, 6.07) is 6.22. The first-order chi connectivity index (χ1) is 12.5. The number of ether oxygens (including phenoxy) is 1. The number of hydrogen-bond acceptors (Lipinski definition) is 5. The van der Waals surface area contributed by atoms with Gasteiger partial charge in [-0.15, -0.1) is 0 Å². The largest absolute Gasteiger partial charge is 0.457 e. The van der Waals surface area contributed by atoms with Crippen molar-refractivity contribution in [2.24, 2.45) is 0 Å². The molecule has 27 heavy (non-hydrogen) atoms. The van der Waals surface area contributed by atoms with Gasteiger partial charge in [-0.1, -0.05) is 0 Å². The molecule has 0 heterocycles. The van der Waals surface area contributed by atoms with Crippen LogP contribution in [0.15, 0.2) is 35.2 Å². The standard InChI is InChI=1S/C17H9F4NO4S/c1-27(24,25)12-5-4-11(13-14(12)16(23)17(20,21)15(13)19)26-9-2-3-10(18)8(6-9)7-22/h2-6,15H,1H3/t15-/m1/s1. The van der Waals surface area contributed by atoms with Gasteiger partial charge < -0.3 is 4.74 Å². The van der Waals surface area contributed by atoms with Gasteiger partial charge in [-0.2, -0.15) is 14.0 Å². The van der Waals surface area contributed by atoms with Gasteiger partial charge in [0.25, 0.3) is 0 Å². The molecule has 1 atom stereocenters. The van der Waals surface area contributed by atoms with Crippen molar-refractivity contribution in [3.63, 3.8) is 0 Å². The average Bonchev–Trinajstić information content (AvgIpc) is 2.77. The number of ketones is 1. The van der Waals surface area contributed by atoms with E-state index in [0.29, 0.717) is 6.26 Å². The van der Waals surface area contributed by atoms with Crippen LogP contribution in [-0.2, 0) is 9.84 Å². The molecule has 0 amide bonds. The highest BCUT2D eigenvalue weighted by Crippen LogP contribution is 2.51. The van der Waals surface area contributed by atoms with Crippen LogP contribution in [0.2, 0.25) is 0 Å². The number of carbonyl (C=O) groups excluding carboxylic acids is 1. The van der Waals surface area contributed by atoms with Crippen LogP contribution < -0.4 is 4.74 Å². The lowest BCUT2D eigenvalue weighted by Crippen LogP contribution is -2.26. The van der Waals surface area contributed by atoms with E-state index >= 15 is 0 Å². The van der Waals surface area contributed by atoms with Crippen molar-refractivity contribution >= 4 is 15.6 Å². The van der Waals surface area contributed by atoms with Crippen molar-refractivity contribution in [1.29, 1.82) is 5.26 Å².